The van der Waals surface area contributed by atoms with Gasteiger partial charge in [0.1, 0.15) is 0 Å². The van der Waals surface area contributed by atoms with E-state index in [0.29, 0.717) is 0 Å². The molecule has 1 aromatic carbocycles. The van der Waals surface area contributed by atoms with E-state index in [4.69, 9.17) is 11.6 Å². The van der Waals surface area contributed by atoms with E-state index in [1.54, 1.807) is 0 Å². The largest absolute Gasteiger partial charge is 0.417 e. The molecule has 116 valence electrons. The second-order valence-corrected chi connectivity index (χ2v) is 4.71. The van der Waals surface area contributed by atoms with Crippen LogP contribution in [0.4, 0.5) is 30.5 Å². The van der Waals surface area contributed by atoms with Gasteiger partial charge in [-0.05, 0) is 30.3 Å². The Kier molecular flexibility index (Phi) is 4.51. The molecule has 2 aromatic rings. The third-order valence-electron chi connectivity index (χ3n) is 2.51. The molecule has 1 aromatic heterocycles. The highest BCUT2D eigenvalue weighted by atomic mass is 35.5. The molecular formula is C13H10ClF3N4O. The van der Waals surface area contributed by atoms with E-state index in [1.165, 1.54) is 25.1 Å². The van der Waals surface area contributed by atoms with E-state index in [9.17, 15) is 18.0 Å². The number of aromatic nitrogens is 2. The minimum atomic E-state index is -4.55. The molecule has 1 heterocycles. The summed E-state index contributed by atoms with van der Waals surface area (Å²) in [6.45, 7) is 1.32. The zero-order valence-corrected chi connectivity index (χ0v) is 12.0. The normalized spacial score (nSPS) is 11.1. The van der Waals surface area contributed by atoms with E-state index in [0.717, 1.165) is 12.1 Å². The quantitative estimate of drug-likeness (QED) is 0.897. The van der Waals surface area contributed by atoms with Gasteiger partial charge in [0.15, 0.2) is 11.6 Å². The molecule has 2 N–H and O–H groups in total. The summed E-state index contributed by atoms with van der Waals surface area (Å²) in [5.41, 5.74) is -0.778. The number of hydrogen-bond acceptors (Lipinski definition) is 4. The molecule has 0 saturated carbocycles. The fourth-order valence-electron chi connectivity index (χ4n) is 1.61. The fraction of sp³-hybridized carbons (Fsp3) is 0.154. The molecule has 0 aliphatic rings. The third kappa shape index (κ3) is 4.08. The Morgan fingerprint density at radius 1 is 1.14 bits per heavy atom. The van der Waals surface area contributed by atoms with Gasteiger partial charge in [-0.3, -0.25) is 4.79 Å². The smallest absolute Gasteiger partial charge is 0.339 e. The second kappa shape index (κ2) is 6.18. The van der Waals surface area contributed by atoms with Gasteiger partial charge < -0.3 is 10.6 Å². The highest BCUT2D eigenvalue weighted by Crippen LogP contribution is 2.36. The standard InChI is InChI=1S/C13H10ClF3N4O/c1-7(22)18-11-4-5-12(21-20-11)19-8-2-3-10(14)9(6-8)13(15,16)17/h2-6H,1H3,(H,19,21)(H,18,20,22). The summed E-state index contributed by atoms with van der Waals surface area (Å²) in [6, 6.07) is 6.36. The molecule has 1 amide bonds. The number of carbonyl (C=O) groups is 1. The van der Waals surface area contributed by atoms with Crippen LogP contribution in [-0.4, -0.2) is 16.1 Å². The van der Waals surface area contributed by atoms with Crippen LogP contribution in [-0.2, 0) is 11.0 Å². The first-order valence-corrected chi connectivity index (χ1v) is 6.38. The van der Waals surface area contributed by atoms with Gasteiger partial charge in [0.25, 0.3) is 0 Å². The van der Waals surface area contributed by atoms with Gasteiger partial charge in [0, 0.05) is 12.6 Å². The first kappa shape index (κ1) is 16.0. The van der Waals surface area contributed by atoms with E-state index in [1.807, 2.05) is 0 Å². The molecule has 0 fully saturated rings. The van der Waals surface area contributed by atoms with Gasteiger partial charge in [-0.1, -0.05) is 11.6 Å². The molecule has 22 heavy (non-hydrogen) atoms. The number of rotatable bonds is 3. The Bertz CT molecular complexity index is 689. The van der Waals surface area contributed by atoms with E-state index in [2.05, 4.69) is 20.8 Å². The third-order valence-corrected chi connectivity index (χ3v) is 2.84. The number of nitrogens with zero attached hydrogens (tertiary/aromatic N) is 2. The lowest BCUT2D eigenvalue weighted by Crippen LogP contribution is -2.09. The lowest BCUT2D eigenvalue weighted by molar-refractivity contribution is -0.137. The molecule has 0 unspecified atom stereocenters. The Balaban J connectivity index is 2.19. The Morgan fingerprint density at radius 3 is 2.32 bits per heavy atom. The van der Waals surface area contributed by atoms with Crippen LogP contribution in [0.5, 0.6) is 0 Å². The number of carbonyl (C=O) groups excluding carboxylic acids is 1. The van der Waals surface area contributed by atoms with Gasteiger partial charge in [-0.25, -0.2) is 0 Å². The zero-order chi connectivity index (χ0) is 16.3. The maximum Gasteiger partial charge on any atom is 0.417 e. The second-order valence-electron chi connectivity index (χ2n) is 4.30. The lowest BCUT2D eigenvalue weighted by atomic mass is 10.2. The summed E-state index contributed by atoms with van der Waals surface area (Å²) in [5.74, 6) is 0.164. The summed E-state index contributed by atoms with van der Waals surface area (Å²) in [5, 5.41) is 12.2. The molecule has 0 aliphatic heterocycles. The molecule has 5 nitrogen and oxygen atoms in total. The maximum atomic E-state index is 12.8. The molecule has 0 bridgehead atoms. The Morgan fingerprint density at radius 2 is 1.77 bits per heavy atom. The number of benzene rings is 1. The summed E-state index contributed by atoms with van der Waals surface area (Å²) < 4.78 is 38.3. The van der Waals surface area contributed by atoms with Crippen molar-refractivity contribution >= 4 is 34.8 Å². The molecular weight excluding hydrogens is 321 g/mol. The number of amides is 1. The number of alkyl halides is 3. The van der Waals surface area contributed by atoms with Crippen LogP contribution in [0.3, 0.4) is 0 Å². The predicted octanol–water partition coefficient (Wildman–Crippen LogP) is 3.85. The van der Waals surface area contributed by atoms with Crippen molar-refractivity contribution < 1.29 is 18.0 Å². The van der Waals surface area contributed by atoms with Crippen molar-refractivity contribution in [2.75, 3.05) is 10.6 Å². The maximum absolute atomic E-state index is 12.8. The van der Waals surface area contributed by atoms with E-state index >= 15 is 0 Å². The Hall–Kier alpha value is -2.35. The van der Waals surface area contributed by atoms with Crippen molar-refractivity contribution in [3.8, 4) is 0 Å². The lowest BCUT2D eigenvalue weighted by Gasteiger charge is -2.12. The zero-order valence-electron chi connectivity index (χ0n) is 11.2. The molecule has 0 saturated heterocycles. The highest BCUT2D eigenvalue weighted by Gasteiger charge is 2.33. The van der Waals surface area contributed by atoms with E-state index < -0.39 is 11.7 Å². The monoisotopic (exact) mass is 330 g/mol. The van der Waals surface area contributed by atoms with Crippen molar-refractivity contribution in [2.24, 2.45) is 0 Å². The topological polar surface area (TPSA) is 66.9 Å². The Labute approximate surface area is 128 Å². The van der Waals surface area contributed by atoms with Gasteiger partial charge in [-0.15, -0.1) is 10.2 Å². The summed E-state index contributed by atoms with van der Waals surface area (Å²) in [6.07, 6.45) is -4.55. The highest BCUT2D eigenvalue weighted by molar-refractivity contribution is 6.31. The van der Waals surface area contributed by atoms with Crippen LogP contribution >= 0.6 is 11.6 Å². The van der Waals surface area contributed by atoms with Gasteiger partial charge in [-0.2, -0.15) is 13.2 Å². The molecule has 0 spiro atoms. The van der Waals surface area contributed by atoms with Crippen LogP contribution in [0.15, 0.2) is 30.3 Å². The summed E-state index contributed by atoms with van der Waals surface area (Å²) in [4.78, 5) is 10.8. The number of halogens is 4. The minimum absolute atomic E-state index is 0.165. The van der Waals surface area contributed by atoms with Crippen LogP contribution in [0.2, 0.25) is 5.02 Å². The van der Waals surface area contributed by atoms with Crippen molar-refractivity contribution in [1.82, 2.24) is 10.2 Å². The fourth-order valence-corrected chi connectivity index (χ4v) is 1.84. The number of hydrogen-bond donors (Lipinski definition) is 2. The van der Waals surface area contributed by atoms with Crippen LogP contribution in [0.25, 0.3) is 0 Å². The number of nitrogens with one attached hydrogen (secondary N) is 2. The molecule has 2 rings (SSSR count). The van der Waals surface area contributed by atoms with Crippen LogP contribution in [0, 0.1) is 0 Å². The van der Waals surface area contributed by atoms with Crippen molar-refractivity contribution in [3.63, 3.8) is 0 Å². The molecule has 0 atom stereocenters. The average molecular weight is 331 g/mol. The number of anilines is 3. The SMILES string of the molecule is CC(=O)Nc1ccc(Nc2ccc(Cl)c(C(F)(F)F)c2)nn1. The van der Waals surface area contributed by atoms with Crippen molar-refractivity contribution in [1.29, 1.82) is 0 Å². The van der Waals surface area contributed by atoms with Gasteiger partial charge in [0.05, 0.1) is 10.6 Å². The van der Waals surface area contributed by atoms with Crippen molar-refractivity contribution in [3.05, 3.63) is 40.9 Å². The van der Waals surface area contributed by atoms with Crippen LogP contribution in [0.1, 0.15) is 12.5 Å². The van der Waals surface area contributed by atoms with Crippen molar-refractivity contribution in [2.45, 2.75) is 13.1 Å². The first-order chi connectivity index (χ1) is 10.3. The van der Waals surface area contributed by atoms with Gasteiger partial charge in [0.2, 0.25) is 5.91 Å². The first-order valence-electron chi connectivity index (χ1n) is 6.01. The van der Waals surface area contributed by atoms with E-state index in [-0.39, 0.29) is 28.3 Å². The molecule has 0 aliphatic carbocycles. The summed E-state index contributed by atoms with van der Waals surface area (Å²) >= 11 is 5.54. The predicted molar refractivity (Wildman–Crippen MR) is 76.1 cm³/mol. The molecule has 9 heteroatoms. The molecule has 0 radical (unpaired) electrons. The van der Waals surface area contributed by atoms with Gasteiger partial charge >= 0.3 is 6.18 Å². The van der Waals surface area contributed by atoms with Crippen LogP contribution < -0.4 is 10.6 Å². The summed E-state index contributed by atoms with van der Waals surface area (Å²) in [7, 11) is 0. The minimum Gasteiger partial charge on any atom is -0.339 e. The average Bonchev–Trinajstić information content (AvgIpc) is 2.41.